The average molecular weight is 386 g/mol. The van der Waals surface area contributed by atoms with Crippen molar-refractivity contribution in [3.63, 3.8) is 0 Å². The molecular weight excluding hydrogens is 350 g/mol. The number of hydrogen-bond acceptors (Lipinski definition) is 4. The van der Waals surface area contributed by atoms with E-state index in [1.165, 1.54) is 11.1 Å². The number of ether oxygens (including phenoxy) is 2. The molecule has 3 unspecified atom stereocenters. The fourth-order valence-electron chi connectivity index (χ4n) is 3.69. The first-order valence-corrected chi connectivity index (χ1v) is 9.96. The maximum atomic E-state index is 11.6. The molecule has 2 aromatic rings. The van der Waals surface area contributed by atoms with Gasteiger partial charge in [0.15, 0.2) is 0 Å². The van der Waals surface area contributed by atoms with Crippen LogP contribution in [0.1, 0.15) is 31.4 Å². The zero-order valence-electron chi connectivity index (χ0n) is 17.9. The number of rotatable bonds is 11. The summed E-state index contributed by atoms with van der Waals surface area (Å²) < 4.78 is 10.5. The van der Waals surface area contributed by atoms with Crippen LogP contribution in [0.5, 0.6) is 5.75 Å². The number of benzene rings is 2. The molecule has 0 spiro atoms. The molecule has 0 fully saturated rings. The van der Waals surface area contributed by atoms with Crippen molar-refractivity contribution in [1.82, 2.24) is 4.90 Å². The molecule has 0 radical (unpaired) electrons. The first-order chi connectivity index (χ1) is 13.4. The summed E-state index contributed by atoms with van der Waals surface area (Å²) in [7, 11) is 5.48. The molecule has 0 aliphatic carbocycles. The second-order valence-electron chi connectivity index (χ2n) is 7.88. The molecule has 0 aromatic heterocycles. The molecule has 0 aliphatic heterocycles. The van der Waals surface area contributed by atoms with Gasteiger partial charge in [0.1, 0.15) is 5.75 Å². The summed E-state index contributed by atoms with van der Waals surface area (Å²) in [6.07, 6.45) is 1.58. The molecule has 0 aliphatic rings. The van der Waals surface area contributed by atoms with E-state index in [-0.39, 0.29) is 12.0 Å². The standard InChI is InChI=1S/C24H35NO3/c1-19(15-16-27-4)24(2,26)23(17-20-11-13-22(28-5)14-12-20)25(3)18-21-9-7-6-8-10-21/h6-14,19,23,26H,15-18H2,1-5H3. The Bertz CT molecular complexity index is 685. The van der Waals surface area contributed by atoms with Crippen LogP contribution in [-0.2, 0) is 17.7 Å². The highest BCUT2D eigenvalue weighted by molar-refractivity contribution is 5.28. The van der Waals surface area contributed by atoms with E-state index in [1.54, 1.807) is 14.2 Å². The molecule has 1 N–H and O–H groups in total. The average Bonchev–Trinajstić information content (AvgIpc) is 2.71. The van der Waals surface area contributed by atoms with Gasteiger partial charge in [-0.3, -0.25) is 4.90 Å². The van der Waals surface area contributed by atoms with Gasteiger partial charge in [-0.15, -0.1) is 0 Å². The van der Waals surface area contributed by atoms with E-state index in [2.05, 4.69) is 55.3 Å². The van der Waals surface area contributed by atoms with Crippen molar-refractivity contribution in [1.29, 1.82) is 0 Å². The van der Waals surface area contributed by atoms with E-state index in [0.29, 0.717) is 6.61 Å². The van der Waals surface area contributed by atoms with Gasteiger partial charge < -0.3 is 14.6 Å². The minimum absolute atomic E-state index is 0.0343. The number of nitrogens with zero attached hydrogens (tertiary/aromatic N) is 1. The number of methoxy groups -OCH3 is 2. The van der Waals surface area contributed by atoms with Crippen LogP contribution in [-0.4, -0.2) is 49.5 Å². The third-order valence-electron chi connectivity index (χ3n) is 5.82. The van der Waals surface area contributed by atoms with Gasteiger partial charge in [0.2, 0.25) is 0 Å². The van der Waals surface area contributed by atoms with Crippen LogP contribution in [0.25, 0.3) is 0 Å². The zero-order valence-corrected chi connectivity index (χ0v) is 17.9. The predicted molar refractivity (Wildman–Crippen MR) is 115 cm³/mol. The van der Waals surface area contributed by atoms with Crippen molar-refractivity contribution in [3.8, 4) is 5.75 Å². The van der Waals surface area contributed by atoms with Crippen LogP contribution >= 0.6 is 0 Å². The van der Waals surface area contributed by atoms with Gasteiger partial charge in [-0.05, 0) is 56.0 Å². The Hall–Kier alpha value is -1.88. The summed E-state index contributed by atoms with van der Waals surface area (Å²) in [6, 6.07) is 18.5. The summed E-state index contributed by atoms with van der Waals surface area (Å²) in [5, 5.41) is 11.6. The second kappa shape index (κ2) is 10.6. The number of aliphatic hydroxyl groups is 1. The van der Waals surface area contributed by atoms with Crippen LogP contribution in [0.15, 0.2) is 54.6 Å². The molecule has 0 bridgehead atoms. The Balaban J connectivity index is 2.24. The maximum absolute atomic E-state index is 11.6. The first kappa shape index (κ1) is 22.4. The van der Waals surface area contributed by atoms with Gasteiger partial charge in [0.05, 0.1) is 12.7 Å². The van der Waals surface area contributed by atoms with Gasteiger partial charge in [-0.25, -0.2) is 0 Å². The van der Waals surface area contributed by atoms with Crippen molar-refractivity contribution >= 4 is 0 Å². The van der Waals surface area contributed by atoms with E-state index >= 15 is 0 Å². The van der Waals surface area contributed by atoms with Crippen molar-refractivity contribution < 1.29 is 14.6 Å². The highest BCUT2D eigenvalue weighted by Gasteiger charge is 2.39. The SMILES string of the molecule is COCCC(C)C(C)(O)C(Cc1ccc(OC)cc1)N(C)Cc1ccccc1. The van der Waals surface area contributed by atoms with E-state index in [0.717, 1.165) is 25.1 Å². The minimum atomic E-state index is -0.859. The smallest absolute Gasteiger partial charge is 0.118 e. The zero-order chi connectivity index (χ0) is 20.6. The number of hydrogen-bond donors (Lipinski definition) is 1. The van der Waals surface area contributed by atoms with Gasteiger partial charge in [0.25, 0.3) is 0 Å². The summed E-state index contributed by atoms with van der Waals surface area (Å²) in [5.41, 5.74) is 1.57. The van der Waals surface area contributed by atoms with Crippen molar-refractivity contribution in [2.45, 2.75) is 44.9 Å². The normalized spacial score (nSPS) is 15.8. The maximum Gasteiger partial charge on any atom is 0.118 e. The summed E-state index contributed by atoms with van der Waals surface area (Å²) >= 11 is 0. The topological polar surface area (TPSA) is 41.9 Å². The molecule has 0 saturated heterocycles. The van der Waals surface area contributed by atoms with Gasteiger partial charge in [0, 0.05) is 26.3 Å². The fraction of sp³-hybridized carbons (Fsp3) is 0.500. The minimum Gasteiger partial charge on any atom is -0.497 e. The van der Waals surface area contributed by atoms with Crippen molar-refractivity contribution in [2.24, 2.45) is 5.92 Å². The van der Waals surface area contributed by atoms with Gasteiger partial charge >= 0.3 is 0 Å². The molecule has 2 aromatic carbocycles. The first-order valence-electron chi connectivity index (χ1n) is 9.96. The lowest BCUT2D eigenvalue weighted by molar-refractivity contribution is -0.0737. The Morgan fingerprint density at radius 1 is 1.00 bits per heavy atom. The van der Waals surface area contributed by atoms with Crippen molar-refractivity contribution in [3.05, 3.63) is 65.7 Å². The highest BCUT2D eigenvalue weighted by atomic mass is 16.5. The third-order valence-corrected chi connectivity index (χ3v) is 5.82. The predicted octanol–water partition coefficient (Wildman–Crippen LogP) is 4.16. The fourth-order valence-corrected chi connectivity index (χ4v) is 3.69. The molecule has 0 amide bonds. The lowest BCUT2D eigenvalue weighted by Crippen LogP contribution is -2.54. The van der Waals surface area contributed by atoms with E-state index < -0.39 is 5.60 Å². The van der Waals surface area contributed by atoms with Gasteiger partial charge in [-0.1, -0.05) is 49.4 Å². The van der Waals surface area contributed by atoms with Crippen molar-refractivity contribution in [2.75, 3.05) is 27.9 Å². The molecule has 2 rings (SSSR count). The second-order valence-corrected chi connectivity index (χ2v) is 7.88. The van der Waals surface area contributed by atoms with Crippen LogP contribution in [0.3, 0.4) is 0 Å². The lowest BCUT2D eigenvalue weighted by atomic mass is 9.78. The van der Waals surface area contributed by atoms with Crippen LogP contribution in [0, 0.1) is 5.92 Å². The third kappa shape index (κ3) is 6.06. The Morgan fingerprint density at radius 3 is 2.21 bits per heavy atom. The molecule has 4 nitrogen and oxygen atoms in total. The lowest BCUT2D eigenvalue weighted by Gasteiger charge is -2.43. The molecular formula is C24H35NO3. The van der Waals surface area contributed by atoms with Crippen LogP contribution in [0.4, 0.5) is 0 Å². The Labute approximate surface area is 170 Å². The molecule has 28 heavy (non-hydrogen) atoms. The largest absolute Gasteiger partial charge is 0.497 e. The van der Waals surface area contributed by atoms with Crippen LogP contribution in [0.2, 0.25) is 0 Å². The molecule has 154 valence electrons. The van der Waals surface area contributed by atoms with E-state index in [4.69, 9.17) is 9.47 Å². The Kier molecular flexibility index (Phi) is 8.49. The van der Waals surface area contributed by atoms with E-state index in [9.17, 15) is 5.11 Å². The summed E-state index contributed by atoms with van der Waals surface area (Å²) in [5.74, 6) is 0.951. The van der Waals surface area contributed by atoms with E-state index in [1.807, 2.05) is 25.1 Å². The summed E-state index contributed by atoms with van der Waals surface area (Å²) in [6.45, 7) is 5.50. The molecule has 3 atom stereocenters. The van der Waals surface area contributed by atoms with Gasteiger partial charge in [-0.2, -0.15) is 0 Å². The monoisotopic (exact) mass is 385 g/mol. The molecule has 4 heteroatoms. The molecule has 0 heterocycles. The quantitative estimate of drug-likeness (QED) is 0.631. The Morgan fingerprint density at radius 2 is 1.64 bits per heavy atom. The van der Waals surface area contributed by atoms with Crippen LogP contribution < -0.4 is 4.74 Å². The molecule has 0 saturated carbocycles. The highest BCUT2D eigenvalue weighted by Crippen LogP contribution is 2.30. The number of likely N-dealkylation sites (N-methyl/N-ethyl adjacent to an activating group) is 1. The summed E-state index contributed by atoms with van der Waals surface area (Å²) in [4.78, 5) is 2.27.